The molecule has 6 nitrogen and oxygen atoms in total. The number of carbonyl (C=O) groups is 2. The molecule has 3 N–H and O–H groups in total. The lowest BCUT2D eigenvalue weighted by Gasteiger charge is -2.31. The zero-order chi connectivity index (χ0) is 15.5. The zero-order valence-corrected chi connectivity index (χ0v) is 12.1. The summed E-state index contributed by atoms with van der Waals surface area (Å²) in [5.74, 6) is -1.45. The smallest absolute Gasteiger partial charge is 0.337 e. The van der Waals surface area contributed by atoms with Gasteiger partial charge in [0.05, 0.1) is 11.3 Å². The lowest BCUT2D eigenvalue weighted by atomic mass is 10.0. The number of rotatable bonds is 5. The molecule has 0 heterocycles. The Morgan fingerprint density at radius 2 is 2.05 bits per heavy atom. The van der Waals surface area contributed by atoms with Gasteiger partial charge in [0.2, 0.25) is 0 Å². The van der Waals surface area contributed by atoms with E-state index < -0.39 is 11.6 Å². The van der Waals surface area contributed by atoms with Crippen molar-refractivity contribution in [3.8, 4) is 0 Å². The highest BCUT2D eigenvalue weighted by Crippen LogP contribution is 2.26. The molecule has 0 saturated carbocycles. The predicted octanol–water partition coefficient (Wildman–Crippen LogP) is 1.74. The number of ether oxygens (including phenoxy) is 1. The molecule has 1 unspecified atom stereocenters. The largest absolute Gasteiger partial charge is 0.478 e. The van der Waals surface area contributed by atoms with Crippen molar-refractivity contribution in [1.29, 1.82) is 0 Å². The Hall–Kier alpha value is -2.08. The number of amides is 1. The maximum atomic E-state index is 12.5. The second kappa shape index (κ2) is 5.92. The van der Waals surface area contributed by atoms with Crippen molar-refractivity contribution in [2.75, 3.05) is 24.8 Å². The van der Waals surface area contributed by atoms with Crippen molar-refractivity contribution in [2.24, 2.45) is 0 Å². The van der Waals surface area contributed by atoms with Gasteiger partial charge in [0.25, 0.3) is 5.91 Å². The first-order valence-corrected chi connectivity index (χ1v) is 6.23. The maximum absolute atomic E-state index is 12.5. The van der Waals surface area contributed by atoms with E-state index >= 15 is 0 Å². The fourth-order valence-electron chi connectivity index (χ4n) is 1.86. The van der Waals surface area contributed by atoms with Crippen LogP contribution < -0.4 is 10.6 Å². The number of nitrogens with zero attached hydrogens (tertiary/aromatic N) is 1. The van der Waals surface area contributed by atoms with Crippen molar-refractivity contribution in [3.05, 3.63) is 23.8 Å². The molecule has 0 aliphatic carbocycles. The number of carboxylic acid groups (broad SMARTS) is 1. The monoisotopic (exact) mass is 280 g/mol. The summed E-state index contributed by atoms with van der Waals surface area (Å²) in [6.45, 7) is 3.50. The van der Waals surface area contributed by atoms with Crippen LogP contribution in [0.4, 0.5) is 11.4 Å². The Bertz CT molecular complexity index is 524. The third kappa shape index (κ3) is 2.91. The number of aromatic carboxylic acids is 1. The summed E-state index contributed by atoms with van der Waals surface area (Å²) in [4.78, 5) is 25.0. The number of likely N-dealkylation sites (N-methyl/N-ethyl adjacent to an activating group) is 1. The average Bonchev–Trinajstić information content (AvgIpc) is 2.44. The Balaban J connectivity index is 3.25. The van der Waals surface area contributed by atoms with E-state index in [2.05, 4.69) is 0 Å². The lowest BCUT2D eigenvalue weighted by Crippen LogP contribution is -2.47. The van der Waals surface area contributed by atoms with Crippen LogP contribution in [0, 0.1) is 0 Å². The molecule has 0 aromatic heterocycles. The van der Waals surface area contributed by atoms with Crippen LogP contribution in [-0.2, 0) is 9.53 Å². The van der Waals surface area contributed by atoms with Crippen molar-refractivity contribution in [3.63, 3.8) is 0 Å². The van der Waals surface area contributed by atoms with Crippen molar-refractivity contribution in [1.82, 2.24) is 0 Å². The molecule has 1 amide bonds. The van der Waals surface area contributed by atoms with Gasteiger partial charge < -0.3 is 20.5 Å². The summed E-state index contributed by atoms with van der Waals surface area (Å²) in [7, 11) is 2.98. The molecular formula is C14H20N2O4. The molecule has 0 spiro atoms. The molecule has 0 bridgehead atoms. The molecular weight excluding hydrogens is 260 g/mol. The Labute approximate surface area is 118 Å². The molecule has 0 aliphatic heterocycles. The summed E-state index contributed by atoms with van der Waals surface area (Å²) in [6.07, 6.45) is 0.476. The van der Waals surface area contributed by atoms with Crippen LogP contribution in [0.1, 0.15) is 30.6 Å². The molecule has 1 rings (SSSR count). The van der Waals surface area contributed by atoms with E-state index in [-0.39, 0.29) is 17.2 Å². The van der Waals surface area contributed by atoms with Gasteiger partial charge in [-0.05, 0) is 31.5 Å². The van der Waals surface area contributed by atoms with E-state index in [9.17, 15) is 14.7 Å². The molecule has 0 aliphatic rings. The number of hydrogen-bond donors (Lipinski definition) is 2. The molecule has 0 fully saturated rings. The fourth-order valence-corrected chi connectivity index (χ4v) is 1.86. The molecule has 1 atom stereocenters. The SMILES string of the molecule is CCC(C)(OC)C(=O)N(C)c1ccc(N)cc1C(=O)O. The summed E-state index contributed by atoms with van der Waals surface area (Å²) in [6, 6.07) is 4.40. The summed E-state index contributed by atoms with van der Waals surface area (Å²) in [5, 5.41) is 9.21. The average molecular weight is 280 g/mol. The Kier molecular flexibility index (Phi) is 4.73. The molecule has 20 heavy (non-hydrogen) atoms. The van der Waals surface area contributed by atoms with E-state index in [0.717, 1.165) is 0 Å². The van der Waals surface area contributed by atoms with Gasteiger partial charge in [-0.25, -0.2) is 4.79 Å². The second-order valence-corrected chi connectivity index (χ2v) is 4.73. The number of carboxylic acids is 1. The number of hydrogen-bond acceptors (Lipinski definition) is 4. The minimum Gasteiger partial charge on any atom is -0.478 e. The number of methoxy groups -OCH3 is 1. The minimum absolute atomic E-state index is 0.0181. The number of anilines is 2. The van der Waals surface area contributed by atoms with Gasteiger partial charge >= 0.3 is 5.97 Å². The van der Waals surface area contributed by atoms with Gasteiger partial charge in [0.15, 0.2) is 0 Å². The van der Waals surface area contributed by atoms with Crippen LogP contribution in [-0.4, -0.2) is 36.7 Å². The summed E-state index contributed by atoms with van der Waals surface area (Å²) in [5.41, 5.74) is 5.19. The van der Waals surface area contributed by atoms with E-state index in [1.54, 1.807) is 13.0 Å². The first-order valence-electron chi connectivity index (χ1n) is 6.23. The highest BCUT2D eigenvalue weighted by molar-refractivity contribution is 6.05. The van der Waals surface area contributed by atoms with E-state index in [0.29, 0.717) is 12.1 Å². The second-order valence-electron chi connectivity index (χ2n) is 4.73. The molecule has 1 aromatic carbocycles. The minimum atomic E-state index is -1.14. The normalized spacial score (nSPS) is 13.6. The lowest BCUT2D eigenvalue weighted by molar-refractivity contribution is -0.138. The number of carbonyl (C=O) groups excluding carboxylic acids is 1. The summed E-state index contributed by atoms with van der Waals surface area (Å²) < 4.78 is 5.25. The van der Waals surface area contributed by atoms with Crippen LogP contribution in [0.5, 0.6) is 0 Å². The number of benzene rings is 1. The molecule has 1 aromatic rings. The van der Waals surface area contributed by atoms with Crippen LogP contribution >= 0.6 is 0 Å². The van der Waals surface area contributed by atoms with Crippen LogP contribution in [0.25, 0.3) is 0 Å². The van der Waals surface area contributed by atoms with Crippen LogP contribution in [0.3, 0.4) is 0 Å². The topological polar surface area (TPSA) is 92.9 Å². The quantitative estimate of drug-likeness (QED) is 0.801. The molecule has 0 saturated heterocycles. The first kappa shape index (κ1) is 16.0. The third-order valence-electron chi connectivity index (χ3n) is 3.49. The Morgan fingerprint density at radius 1 is 1.45 bits per heavy atom. The van der Waals surface area contributed by atoms with Crippen molar-refractivity contribution in [2.45, 2.75) is 25.9 Å². The van der Waals surface area contributed by atoms with Crippen molar-refractivity contribution >= 4 is 23.3 Å². The first-order chi connectivity index (χ1) is 9.26. The molecule has 110 valence electrons. The van der Waals surface area contributed by atoms with E-state index in [1.165, 1.54) is 31.2 Å². The maximum Gasteiger partial charge on any atom is 0.337 e. The van der Waals surface area contributed by atoms with E-state index in [4.69, 9.17) is 10.5 Å². The summed E-state index contributed by atoms with van der Waals surface area (Å²) >= 11 is 0. The van der Waals surface area contributed by atoms with Gasteiger partial charge in [-0.2, -0.15) is 0 Å². The fraction of sp³-hybridized carbons (Fsp3) is 0.429. The molecule has 0 radical (unpaired) electrons. The highest BCUT2D eigenvalue weighted by atomic mass is 16.5. The van der Waals surface area contributed by atoms with Gasteiger partial charge in [0, 0.05) is 19.8 Å². The van der Waals surface area contributed by atoms with Crippen molar-refractivity contribution < 1.29 is 19.4 Å². The van der Waals surface area contributed by atoms with Crippen LogP contribution in [0.2, 0.25) is 0 Å². The third-order valence-corrected chi connectivity index (χ3v) is 3.49. The van der Waals surface area contributed by atoms with Gasteiger partial charge in [-0.1, -0.05) is 6.92 Å². The van der Waals surface area contributed by atoms with Crippen LogP contribution in [0.15, 0.2) is 18.2 Å². The van der Waals surface area contributed by atoms with Gasteiger partial charge in [-0.15, -0.1) is 0 Å². The highest BCUT2D eigenvalue weighted by Gasteiger charge is 2.35. The standard InChI is InChI=1S/C14H20N2O4/c1-5-14(2,20-4)13(19)16(3)11-7-6-9(15)8-10(11)12(17)18/h6-8H,5,15H2,1-4H3,(H,17,18). The number of nitrogen functional groups attached to an aromatic ring is 1. The van der Waals surface area contributed by atoms with Gasteiger partial charge in [-0.3, -0.25) is 4.79 Å². The van der Waals surface area contributed by atoms with Gasteiger partial charge in [0.1, 0.15) is 5.60 Å². The Morgan fingerprint density at radius 3 is 2.50 bits per heavy atom. The van der Waals surface area contributed by atoms with E-state index in [1.807, 2.05) is 6.92 Å². The predicted molar refractivity (Wildman–Crippen MR) is 76.9 cm³/mol. The number of nitrogens with two attached hydrogens (primary N) is 1. The zero-order valence-electron chi connectivity index (χ0n) is 12.1. The molecule has 6 heteroatoms.